The van der Waals surface area contributed by atoms with E-state index in [2.05, 4.69) is 13.0 Å². The molecule has 2 bridgehead atoms. The first-order chi connectivity index (χ1) is 10.4. The molecule has 126 valence electrons. The maximum Gasteiger partial charge on any atom is 0.411 e. The highest BCUT2D eigenvalue weighted by Gasteiger charge is 2.39. The summed E-state index contributed by atoms with van der Waals surface area (Å²) in [6, 6.07) is 0.184. The molecule has 0 saturated carbocycles. The quantitative estimate of drug-likeness (QED) is 0.561. The third kappa shape index (κ3) is 4.73. The highest BCUT2D eigenvalue weighted by molar-refractivity contribution is 5.70. The van der Waals surface area contributed by atoms with Gasteiger partial charge in [0.25, 0.3) is 0 Å². The summed E-state index contributed by atoms with van der Waals surface area (Å²) in [7, 11) is 0. The van der Waals surface area contributed by atoms with Crippen LogP contribution >= 0.6 is 0 Å². The number of unbranched alkanes of at least 4 members (excludes halogenated alkanes) is 3. The van der Waals surface area contributed by atoms with E-state index in [1.807, 2.05) is 25.7 Å². The molecule has 1 fully saturated rings. The van der Waals surface area contributed by atoms with E-state index in [0.717, 1.165) is 12.8 Å². The Bertz CT molecular complexity index is 411. The van der Waals surface area contributed by atoms with Crippen molar-refractivity contribution in [3.63, 3.8) is 0 Å². The van der Waals surface area contributed by atoms with E-state index in [1.165, 1.54) is 31.3 Å². The van der Waals surface area contributed by atoms with Crippen LogP contribution < -0.4 is 0 Å². The summed E-state index contributed by atoms with van der Waals surface area (Å²) < 4.78 is 11.2. The number of carbonyl (C=O) groups excluding carboxylic acids is 1. The van der Waals surface area contributed by atoms with Crippen LogP contribution in [0, 0.1) is 0 Å². The van der Waals surface area contributed by atoms with Gasteiger partial charge < -0.3 is 9.47 Å². The molecule has 2 unspecified atom stereocenters. The summed E-state index contributed by atoms with van der Waals surface area (Å²) >= 11 is 0. The Morgan fingerprint density at radius 2 is 2.09 bits per heavy atom. The highest BCUT2D eigenvalue weighted by Crippen LogP contribution is 2.31. The van der Waals surface area contributed by atoms with Crippen LogP contribution in [0.4, 0.5) is 4.79 Å². The van der Waals surface area contributed by atoms with Gasteiger partial charge in [-0.1, -0.05) is 37.8 Å². The van der Waals surface area contributed by atoms with Crippen molar-refractivity contribution in [3.8, 4) is 0 Å². The number of carbonyl (C=O) groups is 1. The summed E-state index contributed by atoms with van der Waals surface area (Å²) in [4.78, 5) is 14.3. The van der Waals surface area contributed by atoms with Gasteiger partial charge in [-0.3, -0.25) is 4.90 Å². The van der Waals surface area contributed by atoms with Crippen LogP contribution in [-0.4, -0.2) is 41.9 Å². The molecule has 0 N–H and O–H groups in total. The average molecular weight is 309 g/mol. The maximum atomic E-state index is 12.5. The van der Waals surface area contributed by atoms with Crippen molar-refractivity contribution in [2.24, 2.45) is 0 Å². The third-order valence-corrected chi connectivity index (χ3v) is 4.23. The van der Waals surface area contributed by atoms with Crippen molar-refractivity contribution in [2.75, 3.05) is 13.2 Å². The van der Waals surface area contributed by atoms with E-state index in [4.69, 9.17) is 9.47 Å². The molecule has 0 spiro atoms. The predicted molar refractivity (Wildman–Crippen MR) is 87.9 cm³/mol. The first-order valence-corrected chi connectivity index (χ1v) is 8.69. The van der Waals surface area contributed by atoms with Crippen molar-refractivity contribution < 1.29 is 14.3 Å². The number of ether oxygens (including phenoxy) is 2. The fourth-order valence-corrected chi connectivity index (χ4v) is 3.25. The number of nitrogens with zero attached hydrogens (tertiary/aromatic N) is 1. The second-order valence-electron chi connectivity index (χ2n) is 7.49. The van der Waals surface area contributed by atoms with Gasteiger partial charge in [0, 0.05) is 0 Å². The summed E-state index contributed by atoms with van der Waals surface area (Å²) in [6.07, 6.45) is 9.27. The summed E-state index contributed by atoms with van der Waals surface area (Å²) in [6.45, 7) is 9.19. The average Bonchev–Trinajstić information content (AvgIpc) is 2.40. The normalized spacial score (nSPS) is 24.9. The first kappa shape index (κ1) is 17.3. The standard InChI is InChI=1S/C18H31NO3/c1-5-6-7-8-9-14-10-15-12-21-13-16(11-14)19(15)17(20)22-18(2,3)4/h10,15-16H,5-9,11-13H2,1-4H3. The number of fused-ring (bicyclic) bond motifs is 2. The molecule has 0 radical (unpaired) electrons. The van der Waals surface area contributed by atoms with Gasteiger partial charge in [0.05, 0.1) is 25.3 Å². The van der Waals surface area contributed by atoms with E-state index in [1.54, 1.807) is 0 Å². The summed E-state index contributed by atoms with van der Waals surface area (Å²) in [5, 5.41) is 0. The zero-order chi connectivity index (χ0) is 16.2. The topological polar surface area (TPSA) is 38.8 Å². The van der Waals surface area contributed by atoms with Crippen LogP contribution in [0.15, 0.2) is 11.6 Å². The number of rotatable bonds is 5. The van der Waals surface area contributed by atoms with Crippen molar-refractivity contribution in [2.45, 2.75) is 83.9 Å². The lowest BCUT2D eigenvalue weighted by molar-refractivity contribution is -0.0538. The molecule has 2 aliphatic heterocycles. The van der Waals surface area contributed by atoms with E-state index in [0.29, 0.717) is 13.2 Å². The minimum atomic E-state index is -0.448. The van der Waals surface area contributed by atoms with Gasteiger partial charge in [-0.15, -0.1) is 0 Å². The molecule has 0 aromatic heterocycles. The fourth-order valence-electron chi connectivity index (χ4n) is 3.25. The Morgan fingerprint density at radius 1 is 1.32 bits per heavy atom. The Balaban J connectivity index is 1.97. The van der Waals surface area contributed by atoms with Crippen LogP contribution in [0.25, 0.3) is 0 Å². The molecule has 2 rings (SSSR count). The first-order valence-electron chi connectivity index (χ1n) is 8.69. The molecule has 1 amide bonds. The zero-order valence-electron chi connectivity index (χ0n) is 14.6. The zero-order valence-corrected chi connectivity index (χ0v) is 14.6. The van der Waals surface area contributed by atoms with Crippen LogP contribution in [0.5, 0.6) is 0 Å². The Morgan fingerprint density at radius 3 is 2.73 bits per heavy atom. The summed E-state index contributed by atoms with van der Waals surface area (Å²) in [5.41, 5.74) is 1.05. The van der Waals surface area contributed by atoms with Crippen LogP contribution in [-0.2, 0) is 9.47 Å². The van der Waals surface area contributed by atoms with Gasteiger partial charge in [0.15, 0.2) is 0 Å². The lowest BCUT2D eigenvalue weighted by Crippen LogP contribution is -2.57. The lowest BCUT2D eigenvalue weighted by atomic mass is 9.91. The molecule has 0 aromatic rings. The number of morpholine rings is 1. The van der Waals surface area contributed by atoms with Crippen LogP contribution in [0.2, 0.25) is 0 Å². The largest absolute Gasteiger partial charge is 0.444 e. The maximum absolute atomic E-state index is 12.5. The van der Waals surface area contributed by atoms with E-state index in [-0.39, 0.29) is 18.2 Å². The van der Waals surface area contributed by atoms with Gasteiger partial charge in [0.2, 0.25) is 0 Å². The highest BCUT2D eigenvalue weighted by atomic mass is 16.6. The number of hydrogen-bond acceptors (Lipinski definition) is 3. The van der Waals surface area contributed by atoms with Crippen LogP contribution in [0.1, 0.15) is 66.2 Å². The molecule has 2 heterocycles. The monoisotopic (exact) mass is 309 g/mol. The molecule has 0 aliphatic carbocycles. The minimum absolute atomic E-state index is 0.0449. The van der Waals surface area contributed by atoms with Gasteiger partial charge in [-0.2, -0.15) is 0 Å². The van der Waals surface area contributed by atoms with Crippen molar-refractivity contribution in [1.82, 2.24) is 4.90 Å². The van der Waals surface area contributed by atoms with Gasteiger partial charge in [-0.25, -0.2) is 4.79 Å². The van der Waals surface area contributed by atoms with Gasteiger partial charge in [-0.05, 0) is 40.0 Å². The Kier molecular flexibility index (Phi) is 5.90. The van der Waals surface area contributed by atoms with Gasteiger partial charge in [0.1, 0.15) is 5.60 Å². The predicted octanol–water partition coefficient (Wildman–Crippen LogP) is 4.29. The Labute approximate surface area is 134 Å². The third-order valence-electron chi connectivity index (χ3n) is 4.23. The molecule has 2 atom stereocenters. The molecule has 1 saturated heterocycles. The van der Waals surface area contributed by atoms with Crippen LogP contribution in [0.3, 0.4) is 0 Å². The van der Waals surface area contributed by atoms with Crippen molar-refractivity contribution in [1.29, 1.82) is 0 Å². The van der Waals surface area contributed by atoms with E-state index < -0.39 is 5.60 Å². The van der Waals surface area contributed by atoms with Crippen molar-refractivity contribution in [3.05, 3.63) is 11.6 Å². The molecule has 4 nitrogen and oxygen atoms in total. The van der Waals surface area contributed by atoms with Gasteiger partial charge >= 0.3 is 6.09 Å². The van der Waals surface area contributed by atoms with E-state index in [9.17, 15) is 4.79 Å². The summed E-state index contributed by atoms with van der Waals surface area (Å²) in [5.74, 6) is 0. The number of amides is 1. The molecule has 22 heavy (non-hydrogen) atoms. The molecule has 4 heteroatoms. The SMILES string of the molecule is CCCCCCC1=CC2COCC(C1)N2C(=O)OC(C)(C)C. The number of hydrogen-bond donors (Lipinski definition) is 0. The molecular formula is C18H31NO3. The van der Waals surface area contributed by atoms with Crippen molar-refractivity contribution >= 4 is 6.09 Å². The second kappa shape index (κ2) is 7.49. The van der Waals surface area contributed by atoms with E-state index >= 15 is 0 Å². The molecule has 0 aromatic carbocycles. The lowest BCUT2D eigenvalue weighted by Gasteiger charge is -2.44. The fraction of sp³-hybridized carbons (Fsp3) is 0.833. The Hall–Kier alpha value is -1.03. The minimum Gasteiger partial charge on any atom is -0.444 e. The molecular weight excluding hydrogens is 278 g/mol. The smallest absolute Gasteiger partial charge is 0.411 e. The second-order valence-corrected chi connectivity index (χ2v) is 7.49. The molecule has 2 aliphatic rings.